The molecule has 0 saturated carbocycles. The first-order chi connectivity index (χ1) is 6.22. The van der Waals surface area contributed by atoms with Crippen molar-refractivity contribution in [2.75, 3.05) is 12.0 Å². The van der Waals surface area contributed by atoms with Gasteiger partial charge in [0.05, 0.1) is 9.90 Å². The van der Waals surface area contributed by atoms with Crippen molar-refractivity contribution >= 4 is 50.5 Å². The molecule has 0 spiro atoms. The number of nitrogens with two attached hydrogens (primary N) is 1. The van der Waals surface area contributed by atoms with Gasteiger partial charge < -0.3 is 5.73 Å². The second kappa shape index (κ2) is 3.40. The summed E-state index contributed by atoms with van der Waals surface area (Å²) in [4.78, 5) is 0. The average molecular weight is 230 g/mol. The summed E-state index contributed by atoms with van der Waals surface area (Å²) in [6.45, 7) is 0. The minimum atomic E-state index is 0.740. The highest BCUT2D eigenvalue weighted by atomic mass is 35.5. The van der Waals surface area contributed by atoms with Crippen molar-refractivity contribution < 1.29 is 0 Å². The second-order valence-electron chi connectivity index (χ2n) is 2.65. The summed E-state index contributed by atoms with van der Waals surface area (Å²) in [5, 5.41) is 1.81. The van der Waals surface area contributed by atoms with E-state index in [1.54, 1.807) is 23.1 Å². The molecule has 68 valence electrons. The summed E-state index contributed by atoms with van der Waals surface area (Å²) in [7, 11) is 0. The summed E-state index contributed by atoms with van der Waals surface area (Å²) in [6.07, 6.45) is 2.03. The van der Waals surface area contributed by atoms with Gasteiger partial charge in [0.1, 0.15) is 0 Å². The zero-order chi connectivity index (χ0) is 9.42. The summed E-state index contributed by atoms with van der Waals surface area (Å²) in [6, 6.07) is 5.82. The number of thiophene rings is 1. The third-order valence-corrected chi connectivity index (χ3v) is 4.40. The van der Waals surface area contributed by atoms with Gasteiger partial charge in [-0.3, -0.25) is 0 Å². The third-order valence-electron chi connectivity index (χ3n) is 1.84. The molecule has 0 unspecified atom stereocenters. The molecule has 2 N–H and O–H groups in total. The van der Waals surface area contributed by atoms with Gasteiger partial charge in [0.15, 0.2) is 0 Å². The van der Waals surface area contributed by atoms with Crippen molar-refractivity contribution in [3.05, 3.63) is 23.2 Å². The largest absolute Gasteiger partial charge is 0.397 e. The first-order valence-corrected chi connectivity index (χ1v) is 6.16. The van der Waals surface area contributed by atoms with Crippen molar-refractivity contribution in [1.29, 1.82) is 0 Å². The quantitative estimate of drug-likeness (QED) is 0.752. The molecule has 1 nitrogen and oxygen atoms in total. The number of fused-ring (bicyclic) bond motifs is 1. The first kappa shape index (κ1) is 9.19. The van der Waals surface area contributed by atoms with Crippen LogP contribution >= 0.6 is 34.7 Å². The molecule has 1 heterocycles. The van der Waals surface area contributed by atoms with E-state index in [0.29, 0.717) is 0 Å². The number of thioether (sulfide) groups is 1. The Balaban J connectivity index is 2.77. The van der Waals surface area contributed by atoms with E-state index in [4.69, 9.17) is 17.3 Å². The van der Waals surface area contributed by atoms with Crippen LogP contribution < -0.4 is 5.73 Å². The van der Waals surface area contributed by atoms with Crippen LogP contribution in [0.5, 0.6) is 0 Å². The highest BCUT2D eigenvalue weighted by molar-refractivity contribution is 8.00. The van der Waals surface area contributed by atoms with Crippen LogP contribution in [0.4, 0.5) is 5.69 Å². The number of hydrogen-bond acceptors (Lipinski definition) is 3. The topological polar surface area (TPSA) is 26.0 Å². The van der Waals surface area contributed by atoms with E-state index in [1.165, 1.54) is 4.70 Å². The van der Waals surface area contributed by atoms with E-state index in [-0.39, 0.29) is 0 Å². The van der Waals surface area contributed by atoms with Gasteiger partial charge in [0.2, 0.25) is 0 Å². The Bertz CT molecular complexity index is 450. The molecule has 0 aliphatic rings. The summed E-state index contributed by atoms with van der Waals surface area (Å²) < 4.78 is 2.36. The van der Waals surface area contributed by atoms with Crippen molar-refractivity contribution in [1.82, 2.24) is 0 Å². The van der Waals surface area contributed by atoms with E-state index in [0.717, 1.165) is 20.3 Å². The molecule has 0 aliphatic carbocycles. The summed E-state index contributed by atoms with van der Waals surface area (Å²) in [5.74, 6) is 0. The maximum atomic E-state index is 5.95. The molecule has 13 heavy (non-hydrogen) atoms. The van der Waals surface area contributed by atoms with Crippen LogP contribution in [-0.2, 0) is 0 Å². The number of anilines is 1. The lowest BCUT2D eigenvalue weighted by Crippen LogP contribution is -1.82. The van der Waals surface area contributed by atoms with E-state index in [2.05, 4.69) is 0 Å². The highest BCUT2D eigenvalue weighted by Crippen LogP contribution is 2.39. The monoisotopic (exact) mass is 229 g/mol. The SMILES string of the molecule is CSc1sc2ccc(Cl)cc2c1N. The van der Waals surface area contributed by atoms with Crippen molar-refractivity contribution in [2.24, 2.45) is 0 Å². The number of rotatable bonds is 1. The van der Waals surface area contributed by atoms with Crippen LogP contribution in [0.3, 0.4) is 0 Å². The van der Waals surface area contributed by atoms with Crippen LogP contribution in [0, 0.1) is 0 Å². The molecular formula is C9H8ClNS2. The highest BCUT2D eigenvalue weighted by Gasteiger charge is 2.07. The van der Waals surface area contributed by atoms with Crippen molar-refractivity contribution in [3.8, 4) is 0 Å². The van der Waals surface area contributed by atoms with Gasteiger partial charge in [0.25, 0.3) is 0 Å². The third kappa shape index (κ3) is 1.52. The molecule has 0 atom stereocenters. The molecule has 0 amide bonds. The summed E-state index contributed by atoms with van der Waals surface area (Å²) >= 11 is 9.27. The van der Waals surface area contributed by atoms with E-state index in [1.807, 2.05) is 24.5 Å². The lowest BCUT2D eigenvalue weighted by Gasteiger charge is -1.93. The molecule has 1 aromatic heterocycles. The molecule has 0 saturated heterocycles. The van der Waals surface area contributed by atoms with Gasteiger partial charge in [-0.2, -0.15) is 0 Å². The lowest BCUT2D eigenvalue weighted by atomic mass is 10.2. The van der Waals surface area contributed by atoms with Gasteiger partial charge in [-0.05, 0) is 24.5 Å². The first-order valence-electron chi connectivity index (χ1n) is 3.74. The Morgan fingerprint density at radius 2 is 2.23 bits per heavy atom. The van der Waals surface area contributed by atoms with Crippen molar-refractivity contribution in [3.63, 3.8) is 0 Å². The van der Waals surface area contributed by atoms with Gasteiger partial charge in [-0.25, -0.2) is 0 Å². The smallest absolute Gasteiger partial charge is 0.0838 e. The average Bonchev–Trinajstić information content (AvgIpc) is 2.44. The predicted octanol–water partition coefficient (Wildman–Crippen LogP) is 3.86. The molecule has 2 rings (SSSR count). The number of nitrogen functional groups attached to an aromatic ring is 1. The Morgan fingerprint density at radius 3 is 2.92 bits per heavy atom. The standard InChI is InChI=1S/C9H8ClNS2/c1-12-9-8(11)6-4-5(10)2-3-7(6)13-9/h2-4H,11H2,1H3. The van der Waals surface area contributed by atoms with Gasteiger partial charge in [-0.15, -0.1) is 23.1 Å². The molecule has 4 heteroatoms. The molecule has 0 radical (unpaired) electrons. The van der Waals surface area contributed by atoms with E-state index >= 15 is 0 Å². The fourth-order valence-electron chi connectivity index (χ4n) is 1.22. The zero-order valence-electron chi connectivity index (χ0n) is 7.00. The molecule has 2 aromatic rings. The Kier molecular flexibility index (Phi) is 2.41. The van der Waals surface area contributed by atoms with E-state index < -0.39 is 0 Å². The van der Waals surface area contributed by atoms with Crippen LogP contribution in [0.15, 0.2) is 22.4 Å². The van der Waals surface area contributed by atoms with Gasteiger partial charge >= 0.3 is 0 Å². The predicted molar refractivity (Wildman–Crippen MR) is 63.0 cm³/mol. The van der Waals surface area contributed by atoms with Crippen molar-refractivity contribution in [2.45, 2.75) is 4.21 Å². The normalized spacial score (nSPS) is 10.9. The van der Waals surface area contributed by atoms with Crippen LogP contribution in [0.2, 0.25) is 5.02 Å². The molecule has 0 bridgehead atoms. The Hall–Kier alpha value is -0.380. The van der Waals surface area contributed by atoms with E-state index in [9.17, 15) is 0 Å². The maximum Gasteiger partial charge on any atom is 0.0838 e. The minimum Gasteiger partial charge on any atom is -0.397 e. The second-order valence-corrected chi connectivity index (χ2v) is 5.21. The molecular weight excluding hydrogens is 222 g/mol. The lowest BCUT2D eigenvalue weighted by molar-refractivity contribution is 1.72. The van der Waals surface area contributed by atoms with Gasteiger partial charge in [0, 0.05) is 15.1 Å². The van der Waals surface area contributed by atoms with Crippen LogP contribution in [0.1, 0.15) is 0 Å². The van der Waals surface area contributed by atoms with Gasteiger partial charge in [-0.1, -0.05) is 11.6 Å². The fraction of sp³-hybridized carbons (Fsp3) is 0.111. The molecule has 0 fully saturated rings. The minimum absolute atomic E-state index is 0.740. The zero-order valence-corrected chi connectivity index (χ0v) is 9.39. The van der Waals surface area contributed by atoms with Crippen LogP contribution in [0.25, 0.3) is 10.1 Å². The summed E-state index contributed by atoms with van der Waals surface area (Å²) in [5.41, 5.74) is 6.81. The maximum absolute atomic E-state index is 5.95. The molecule has 1 aromatic carbocycles. The fourth-order valence-corrected chi connectivity index (χ4v) is 3.16. The number of benzene rings is 1. The Labute approximate surface area is 89.9 Å². The number of halogens is 1. The Morgan fingerprint density at radius 1 is 1.46 bits per heavy atom. The van der Waals surface area contributed by atoms with Crippen LogP contribution in [-0.4, -0.2) is 6.26 Å². The molecule has 0 aliphatic heterocycles. The number of hydrogen-bond donors (Lipinski definition) is 1.